The number of imidazole rings is 1. The molecule has 2 rings (SSSR count). The Morgan fingerprint density at radius 2 is 2.05 bits per heavy atom. The molecule has 7 heteroatoms. The van der Waals surface area contributed by atoms with E-state index in [1.54, 1.807) is 12.3 Å². The van der Waals surface area contributed by atoms with Gasteiger partial charge in [-0.2, -0.15) is 0 Å². The van der Waals surface area contributed by atoms with Gasteiger partial charge in [0.05, 0.1) is 5.69 Å². The van der Waals surface area contributed by atoms with Crippen LogP contribution in [0.25, 0.3) is 0 Å². The van der Waals surface area contributed by atoms with Gasteiger partial charge in [-0.05, 0) is 25.3 Å². The minimum Gasteiger partial charge on any atom is -0.346 e. The molecule has 0 unspecified atom stereocenters. The van der Waals surface area contributed by atoms with Crippen LogP contribution in [0.1, 0.15) is 5.82 Å². The first-order valence-corrected chi connectivity index (χ1v) is 8.04. The number of para-hydroxylation sites is 1. The van der Waals surface area contributed by atoms with Gasteiger partial charge >= 0.3 is 11.8 Å². The first kappa shape index (κ1) is 16.1. The molecule has 2 N–H and O–H groups in total. The van der Waals surface area contributed by atoms with Gasteiger partial charge < -0.3 is 15.2 Å². The number of anilines is 1. The Labute approximate surface area is 133 Å². The van der Waals surface area contributed by atoms with Crippen LogP contribution in [0.5, 0.6) is 0 Å². The number of aromatic nitrogens is 2. The van der Waals surface area contributed by atoms with Gasteiger partial charge in [-0.25, -0.2) is 4.98 Å². The average Bonchev–Trinajstić information content (AvgIpc) is 2.93. The van der Waals surface area contributed by atoms with Crippen molar-refractivity contribution < 1.29 is 9.59 Å². The second-order valence-corrected chi connectivity index (χ2v) is 5.43. The maximum atomic E-state index is 11.9. The first-order valence-electron chi connectivity index (χ1n) is 6.81. The number of aryl methyl sites for hydroxylation is 1. The quantitative estimate of drug-likeness (QED) is 0.649. The molecule has 1 aromatic heterocycles. The molecular formula is C15H18N4O2S. The largest absolute Gasteiger partial charge is 0.346 e. The van der Waals surface area contributed by atoms with Crippen LogP contribution >= 0.6 is 11.8 Å². The fraction of sp³-hybridized carbons (Fsp3) is 0.267. The molecule has 2 aromatic rings. The number of nitrogens with one attached hydrogen (secondary N) is 2. The molecule has 0 aliphatic heterocycles. The van der Waals surface area contributed by atoms with E-state index in [0.29, 0.717) is 18.8 Å². The second-order valence-electron chi connectivity index (χ2n) is 4.58. The molecular weight excluding hydrogens is 300 g/mol. The minimum absolute atomic E-state index is 0.369. The van der Waals surface area contributed by atoms with E-state index in [-0.39, 0.29) is 0 Å². The van der Waals surface area contributed by atoms with E-state index in [1.165, 1.54) is 11.8 Å². The van der Waals surface area contributed by atoms with Crippen LogP contribution in [-0.4, -0.2) is 34.2 Å². The van der Waals surface area contributed by atoms with Crippen LogP contribution in [0.15, 0.2) is 41.6 Å². The van der Waals surface area contributed by atoms with E-state index in [2.05, 4.69) is 15.6 Å². The molecule has 0 bridgehead atoms. The summed E-state index contributed by atoms with van der Waals surface area (Å²) < 4.78 is 1.90. The number of benzene rings is 1. The number of hydrogen-bond acceptors (Lipinski definition) is 4. The summed E-state index contributed by atoms with van der Waals surface area (Å²) >= 11 is 1.51. The number of hydrogen-bond donors (Lipinski definition) is 2. The number of nitrogens with zero attached hydrogens (tertiary/aromatic N) is 2. The molecule has 0 fully saturated rings. The molecule has 116 valence electrons. The number of amides is 2. The van der Waals surface area contributed by atoms with Crippen molar-refractivity contribution in [3.05, 3.63) is 42.5 Å². The highest BCUT2D eigenvalue weighted by Crippen LogP contribution is 2.24. The van der Waals surface area contributed by atoms with Crippen LogP contribution in [-0.2, 0) is 16.1 Å². The second kappa shape index (κ2) is 7.65. The Morgan fingerprint density at radius 1 is 1.27 bits per heavy atom. The van der Waals surface area contributed by atoms with Crippen molar-refractivity contribution in [2.24, 2.45) is 0 Å². The topological polar surface area (TPSA) is 76.0 Å². The average molecular weight is 318 g/mol. The molecule has 1 heterocycles. The van der Waals surface area contributed by atoms with Crippen LogP contribution in [0.3, 0.4) is 0 Å². The van der Waals surface area contributed by atoms with Gasteiger partial charge in [0.25, 0.3) is 0 Å². The van der Waals surface area contributed by atoms with E-state index in [0.717, 1.165) is 10.7 Å². The maximum absolute atomic E-state index is 11.9. The lowest BCUT2D eigenvalue weighted by Crippen LogP contribution is -2.37. The van der Waals surface area contributed by atoms with Crippen LogP contribution in [0.4, 0.5) is 5.69 Å². The molecule has 0 saturated carbocycles. The smallest absolute Gasteiger partial charge is 0.313 e. The van der Waals surface area contributed by atoms with Crippen molar-refractivity contribution in [3.8, 4) is 0 Å². The van der Waals surface area contributed by atoms with Gasteiger partial charge in [0.2, 0.25) is 0 Å². The zero-order valence-corrected chi connectivity index (χ0v) is 13.3. The van der Waals surface area contributed by atoms with Gasteiger partial charge in [0.15, 0.2) is 0 Å². The summed E-state index contributed by atoms with van der Waals surface area (Å²) in [4.78, 5) is 28.7. The van der Waals surface area contributed by atoms with Crippen LogP contribution in [0.2, 0.25) is 0 Å². The van der Waals surface area contributed by atoms with Gasteiger partial charge in [0, 0.05) is 30.4 Å². The minimum atomic E-state index is -0.663. The Hall–Kier alpha value is -2.28. The van der Waals surface area contributed by atoms with E-state index in [1.807, 2.05) is 42.1 Å². The Kier molecular flexibility index (Phi) is 5.60. The van der Waals surface area contributed by atoms with Crippen LogP contribution in [0, 0.1) is 6.92 Å². The zero-order valence-electron chi connectivity index (χ0n) is 12.5. The summed E-state index contributed by atoms with van der Waals surface area (Å²) in [5.74, 6) is -0.440. The summed E-state index contributed by atoms with van der Waals surface area (Å²) in [5.41, 5.74) is 0.639. The van der Waals surface area contributed by atoms with Crippen molar-refractivity contribution >= 4 is 29.3 Å². The predicted octanol–water partition coefficient (Wildman–Crippen LogP) is 1.67. The number of rotatable bonds is 5. The van der Waals surface area contributed by atoms with Crippen LogP contribution < -0.4 is 10.6 Å². The Morgan fingerprint density at radius 3 is 2.73 bits per heavy atom. The molecule has 0 aliphatic carbocycles. The fourth-order valence-corrected chi connectivity index (χ4v) is 2.49. The van der Waals surface area contributed by atoms with Gasteiger partial charge in [-0.3, -0.25) is 9.59 Å². The summed E-state index contributed by atoms with van der Waals surface area (Å²) in [6.07, 6.45) is 5.44. The Balaban J connectivity index is 1.84. The number of thioether (sulfide) groups is 1. The predicted molar refractivity (Wildman–Crippen MR) is 86.8 cm³/mol. The first-order chi connectivity index (χ1) is 10.6. The fourth-order valence-electron chi connectivity index (χ4n) is 1.94. The molecule has 6 nitrogen and oxygen atoms in total. The van der Waals surface area contributed by atoms with Gasteiger partial charge in [-0.1, -0.05) is 12.1 Å². The van der Waals surface area contributed by atoms with E-state index >= 15 is 0 Å². The molecule has 1 aromatic carbocycles. The monoisotopic (exact) mass is 318 g/mol. The molecule has 0 atom stereocenters. The van der Waals surface area contributed by atoms with Crippen molar-refractivity contribution in [2.45, 2.75) is 18.4 Å². The Bertz CT molecular complexity index is 669. The summed E-state index contributed by atoms with van der Waals surface area (Å²) in [6, 6.07) is 7.36. The van der Waals surface area contributed by atoms with Crippen molar-refractivity contribution in [1.29, 1.82) is 0 Å². The zero-order chi connectivity index (χ0) is 15.9. The normalized spacial score (nSPS) is 10.3. The van der Waals surface area contributed by atoms with Crippen molar-refractivity contribution in [3.63, 3.8) is 0 Å². The van der Waals surface area contributed by atoms with Crippen molar-refractivity contribution in [2.75, 3.05) is 18.1 Å². The lowest BCUT2D eigenvalue weighted by atomic mass is 10.3. The summed E-state index contributed by atoms with van der Waals surface area (Å²) in [5, 5.41) is 5.22. The lowest BCUT2D eigenvalue weighted by Gasteiger charge is -2.10. The summed E-state index contributed by atoms with van der Waals surface area (Å²) in [6.45, 7) is 2.83. The number of carbonyl (C=O) groups is 2. The lowest BCUT2D eigenvalue weighted by molar-refractivity contribution is -0.136. The maximum Gasteiger partial charge on any atom is 0.313 e. The van der Waals surface area contributed by atoms with Gasteiger partial charge in [-0.15, -0.1) is 11.8 Å². The van der Waals surface area contributed by atoms with E-state index < -0.39 is 11.8 Å². The van der Waals surface area contributed by atoms with Crippen molar-refractivity contribution in [1.82, 2.24) is 14.9 Å². The molecule has 0 radical (unpaired) electrons. The summed E-state index contributed by atoms with van der Waals surface area (Å²) in [7, 11) is 0. The van der Waals surface area contributed by atoms with E-state index in [9.17, 15) is 9.59 Å². The molecule has 2 amide bonds. The highest BCUT2D eigenvalue weighted by atomic mass is 32.2. The SMILES string of the molecule is CSc1ccccc1NC(=O)C(=O)NCCn1ccnc1C. The molecule has 22 heavy (non-hydrogen) atoms. The number of carbonyl (C=O) groups excluding carboxylic acids is 2. The molecule has 0 spiro atoms. The highest BCUT2D eigenvalue weighted by molar-refractivity contribution is 7.98. The molecule has 0 saturated heterocycles. The standard InChI is InChI=1S/C15H18N4O2S/c1-11-16-7-9-19(11)10-8-17-14(20)15(21)18-12-5-3-4-6-13(12)22-2/h3-7,9H,8,10H2,1-2H3,(H,17,20)(H,18,21). The molecule has 0 aliphatic rings. The third-order valence-corrected chi connectivity index (χ3v) is 3.92. The third-order valence-electron chi connectivity index (χ3n) is 3.12. The van der Waals surface area contributed by atoms with E-state index in [4.69, 9.17) is 0 Å². The highest BCUT2D eigenvalue weighted by Gasteiger charge is 2.14. The third kappa shape index (κ3) is 4.11. The van der Waals surface area contributed by atoms with Gasteiger partial charge in [0.1, 0.15) is 5.82 Å².